The molecule has 8 aliphatic rings. The number of carboxylic acids is 1. The smallest absolute Gasteiger partial charge is 0.330 e. The van der Waals surface area contributed by atoms with Gasteiger partial charge < -0.3 is 143 Å². The molecule has 125 heavy (non-hydrogen) atoms. The zero-order valence-corrected chi connectivity index (χ0v) is 70.7. The summed E-state index contributed by atoms with van der Waals surface area (Å²) < 4.78 is 52.9. The van der Waals surface area contributed by atoms with E-state index in [0.29, 0.717) is 0 Å². The first-order valence-electron chi connectivity index (χ1n) is 40.1. The van der Waals surface area contributed by atoms with E-state index in [1.54, 1.807) is 25.6 Å². The molecule has 0 radical (unpaired) electrons. The van der Waals surface area contributed by atoms with Crippen LogP contribution in [0.1, 0.15) is 131 Å². The number of phenolic OH excluding ortho intramolecular Hbond substituents is 3. The predicted molar refractivity (Wildman–Crippen MR) is 445 cm³/mol. The molecule has 15 rings (SSSR count). The lowest BCUT2D eigenvalue weighted by Crippen LogP contribution is -2.65. The highest BCUT2D eigenvalue weighted by molar-refractivity contribution is 7.99. The summed E-state index contributed by atoms with van der Waals surface area (Å²) in [6, 6.07) is 17.2. The highest BCUT2D eigenvalue weighted by Gasteiger charge is 2.53. The van der Waals surface area contributed by atoms with E-state index in [4.69, 9.17) is 72.6 Å². The third-order valence-corrected chi connectivity index (χ3v) is 24.3. The van der Waals surface area contributed by atoms with Gasteiger partial charge in [-0.2, -0.15) is 0 Å². The summed E-state index contributed by atoms with van der Waals surface area (Å²) in [5.41, 5.74) is 7.85. The molecule has 22 N–H and O–H groups in total. The maximum Gasteiger partial charge on any atom is 0.330 e. The van der Waals surface area contributed by atoms with E-state index < -0.39 is 261 Å². The van der Waals surface area contributed by atoms with Gasteiger partial charge in [0, 0.05) is 63.0 Å². The topological polar surface area (TPSA) is 561 Å². The lowest BCUT2D eigenvalue weighted by Gasteiger charge is -2.48. The Labute approximate surface area is 730 Å². The number of primary amides is 1. The Hall–Kier alpha value is -10.5. The molecule has 8 aliphatic heterocycles. The fourth-order valence-electron chi connectivity index (χ4n) is 16.0. The summed E-state index contributed by atoms with van der Waals surface area (Å²) in [4.78, 5) is 123. The Morgan fingerprint density at radius 2 is 1.26 bits per heavy atom. The number of amides is 7. The molecule has 11 bridgehead atoms. The molecule has 3 saturated heterocycles. The lowest BCUT2D eigenvalue weighted by molar-refractivity contribution is -0.334. The molecule has 39 heteroatoms. The van der Waals surface area contributed by atoms with E-state index in [9.17, 15) is 65.4 Å². The van der Waals surface area contributed by atoms with Gasteiger partial charge in [0.05, 0.1) is 53.5 Å². The number of carbonyl (C=O) groups excluding carboxylic acids is 7. The summed E-state index contributed by atoms with van der Waals surface area (Å²) in [7, 11) is 1.48. The van der Waals surface area contributed by atoms with Crippen LogP contribution in [-0.4, -0.2) is 215 Å². The molecule has 7 amide bonds. The number of phenols is 3. The first-order valence-corrected chi connectivity index (χ1v) is 41.7. The number of hydrogen-bond donors (Lipinski definition) is 20. The standard InChI is InChI=1S/C86H98Cl2N10O26S/c1-36(2)23-51(91-7)77(109)97-67-69(104)41-16-21-55(49(87)25-41)119-57-27-43-28-58(73(57)124-84-74(71(106)70(105)59(35-99)121-84)123-62-33-86(6,76(108)38(4)118-62)92-34-39-13-18-46(19-14-39)125-45-11-9-8-10-12-45)120-56-22-17-42(26-50(56)88)72(122-61-32-85(5,90)75(107)37(3)117-61)68-82(114)96-66(83(115)116)48-29-44(100)30-54(102)63(48)47-24-40(15-20-53(47)101)64(79(111)98-68)95-80(112)65(43)94-78(110)52(31-60(89)103)93-81(67)113/h8-22,24-30,36-38,51-52,59,61-62,64-72,74-76,84,91-92,99-102,104-108H,23,31-35,90H2,1-7H3,(H2,89,103)(H,93,113)(H,94,110)(H,95,112)(H,96,114)(H,97,109)(H,98,111)(H,115,116)/t37-,38-,51+,52-,59+,61-,62-,64+,65+,66-,67+,68-,69+,70+,71-,72+,74+,75-,76-,84-,85-,86-/m0/s1. The Kier molecular flexibility index (Phi) is 28.3. The van der Waals surface area contributed by atoms with Gasteiger partial charge in [-0.05, 0) is 154 Å². The van der Waals surface area contributed by atoms with E-state index in [1.807, 2.05) is 68.4 Å². The number of halogens is 2. The minimum absolute atomic E-state index is 0.117. The van der Waals surface area contributed by atoms with E-state index in [2.05, 4.69) is 42.5 Å². The number of rotatable bonds is 20. The molecule has 0 aromatic heterocycles. The number of aromatic hydroxyl groups is 3. The van der Waals surface area contributed by atoms with Crippen molar-refractivity contribution in [2.45, 2.75) is 217 Å². The number of ether oxygens (including phenoxy) is 8. The number of carboxylic acid groups (broad SMARTS) is 1. The van der Waals surface area contributed by atoms with Gasteiger partial charge in [0.2, 0.25) is 53.4 Å². The van der Waals surface area contributed by atoms with Crippen molar-refractivity contribution in [3.05, 3.63) is 177 Å². The van der Waals surface area contributed by atoms with Gasteiger partial charge in [-0.15, -0.1) is 0 Å². The SMILES string of the molecule is CN[C@H](CC(C)C)C(=O)N[C@H]1C(=O)N[C@@H](CC(N)=O)C(=O)N[C@H]2C(=O)N[C@H]3C(=O)N[C@H](C(=O)N[C@H](C(=O)O)c4cc(O)cc(O)c4-c4cc3ccc4O)[C@H](O[C@H]3C[C@](C)(N)[C@@H](O)[C@H](C)O3)c3ccc(c(Cl)c3)Oc3cc2cc(c3O[C@@H]2O[C@H](CO)[C@@H](O)[C@H](O)[C@H]2O[C@H]2C[C@](C)(NCc3ccc(Sc4ccccc4)cc3)[C@@H](O)[C@H](C)O2)Oc2ccc(cc2Cl)[C@H]1O. The second-order valence-electron chi connectivity index (χ2n) is 32.6. The zero-order chi connectivity index (χ0) is 90.1. The number of nitrogens with one attached hydrogen (secondary N) is 8. The average molecular weight is 1790 g/mol. The fraction of sp³-hybridized carbons (Fsp3) is 0.419. The normalized spacial score (nSPS) is 29.7. The zero-order valence-electron chi connectivity index (χ0n) is 68.4. The first kappa shape index (κ1) is 92.1. The minimum atomic E-state index is -2.39. The number of aliphatic hydroxyl groups is 6. The van der Waals surface area contributed by atoms with Crippen molar-refractivity contribution in [3.8, 4) is 57.1 Å². The van der Waals surface area contributed by atoms with Crippen molar-refractivity contribution in [2.75, 3.05) is 13.7 Å². The van der Waals surface area contributed by atoms with E-state index in [-0.39, 0.29) is 59.2 Å². The van der Waals surface area contributed by atoms with Crippen LogP contribution in [-0.2, 0) is 68.6 Å². The Bertz CT molecular complexity index is 5220. The van der Waals surface area contributed by atoms with Crippen molar-refractivity contribution in [1.29, 1.82) is 0 Å². The fourth-order valence-corrected chi connectivity index (χ4v) is 17.3. The van der Waals surface area contributed by atoms with Gasteiger partial charge in [-0.3, -0.25) is 33.6 Å². The Morgan fingerprint density at radius 1 is 0.648 bits per heavy atom. The summed E-state index contributed by atoms with van der Waals surface area (Å²) in [5, 5.41) is 138. The molecular weight excluding hydrogens is 1690 g/mol. The lowest BCUT2D eigenvalue weighted by atomic mass is 9.84. The number of carbonyl (C=O) groups is 8. The number of hydrogen-bond acceptors (Lipinski definition) is 29. The molecule has 7 aromatic carbocycles. The van der Waals surface area contributed by atoms with Crippen LogP contribution in [0.3, 0.4) is 0 Å². The molecule has 22 atom stereocenters. The molecule has 7 aromatic rings. The molecular formula is C86H98Cl2N10O26S. The molecule has 8 heterocycles. The molecule has 36 nitrogen and oxygen atoms in total. The molecule has 0 saturated carbocycles. The van der Waals surface area contributed by atoms with Crippen LogP contribution < -0.4 is 68.2 Å². The maximum atomic E-state index is 16.6. The molecule has 0 unspecified atom stereocenters. The minimum Gasteiger partial charge on any atom is -0.508 e. The summed E-state index contributed by atoms with van der Waals surface area (Å²) in [6.07, 6.45) is -22.9. The second-order valence-corrected chi connectivity index (χ2v) is 34.5. The number of likely N-dealkylation sites (N-methyl/N-ethyl adjacent to an activating group) is 1. The van der Waals surface area contributed by atoms with Gasteiger partial charge in [-0.25, -0.2) is 4.79 Å². The van der Waals surface area contributed by atoms with Crippen LogP contribution in [0, 0.1) is 5.92 Å². The van der Waals surface area contributed by atoms with Gasteiger partial charge >= 0.3 is 5.97 Å². The average Bonchev–Trinajstić information content (AvgIpc) is 0.756. The van der Waals surface area contributed by atoms with Crippen molar-refractivity contribution in [3.63, 3.8) is 0 Å². The van der Waals surface area contributed by atoms with Crippen molar-refractivity contribution in [1.82, 2.24) is 42.5 Å². The van der Waals surface area contributed by atoms with Crippen molar-refractivity contribution in [2.24, 2.45) is 17.4 Å². The second kappa shape index (κ2) is 38.3. The number of aliphatic carboxylic acids is 1. The van der Waals surface area contributed by atoms with Gasteiger partial charge in [0.1, 0.15) is 89.5 Å². The van der Waals surface area contributed by atoms with Crippen LogP contribution in [0.5, 0.6) is 46.0 Å². The highest BCUT2D eigenvalue weighted by Crippen LogP contribution is 2.51. The number of nitrogens with two attached hydrogens (primary N) is 2. The Balaban J connectivity index is 1.01. The van der Waals surface area contributed by atoms with Crippen molar-refractivity contribution >= 4 is 82.3 Å². The monoisotopic (exact) mass is 1790 g/mol. The largest absolute Gasteiger partial charge is 0.508 e. The predicted octanol–water partition coefficient (Wildman–Crippen LogP) is 4.33. The number of benzene rings is 7. The molecule has 668 valence electrons. The maximum absolute atomic E-state index is 16.6. The third-order valence-electron chi connectivity index (χ3n) is 22.7. The first-order chi connectivity index (χ1) is 59.3. The third kappa shape index (κ3) is 20.5. The highest BCUT2D eigenvalue weighted by atomic mass is 35.5. The number of fused-ring (bicyclic) bond motifs is 15. The van der Waals surface area contributed by atoms with Crippen LogP contribution in [0.4, 0.5) is 0 Å². The van der Waals surface area contributed by atoms with Gasteiger partial charge in [0.25, 0.3) is 0 Å². The van der Waals surface area contributed by atoms with Gasteiger partial charge in [-0.1, -0.05) is 97.3 Å². The number of aliphatic hydroxyl groups excluding tert-OH is 6. The summed E-state index contributed by atoms with van der Waals surface area (Å²) in [6.45, 7) is 9.12. The summed E-state index contributed by atoms with van der Waals surface area (Å²) >= 11 is 16.2. The quantitative estimate of drug-likeness (QED) is 0.0505. The molecule has 0 aliphatic carbocycles. The summed E-state index contributed by atoms with van der Waals surface area (Å²) in [5.74, 6) is -16.1. The van der Waals surface area contributed by atoms with Crippen molar-refractivity contribution < 1.29 is 127 Å². The van der Waals surface area contributed by atoms with E-state index >= 15 is 24.0 Å². The van der Waals surface area contributed by atoms with Crippen LogP contribution in [0.25, 0.3) is 11.1 Å². The van der Waals surface area contributed by atoms with E-state index in [0.717, 1.165) is 63.9 Å². The molecule has 0 spiro atoms. The van der Waals surface area contributed by atoms with Gasteiger partial charge in [0.15, 0.2) is 36.2 Å². The molecule has 3 fully saturated rings. The van der Waals surface area contributed by atoms with E-state index in [1.165, 1.54) is 51.2 Å². The van der Waals surface area contributed by atoms with Crippen LogP contribution in [0.2, 0.25) is 10.0 Å². The Morgan fingerprint density at radius 3 is 1.88 bits per heavy atom. The van der Waals surface area contributed by atoms with Crippen LogP contribution >= 0.6 is 35.0 Å². The van der Waals surface area contributed by atoms with Crippen LogP contribution in [0.15, 0.2) is 143 Å².